The fourth-order valence-corrected chi connectivity index (χ4v) is 3.25. The van der Waals surface area contributed by atoms with Crippen LogP contribution in [0, 0.1) is 0 Å². The van der Waals surface area contributed by atoms with Gasteiger partial charge in [0.05, 0.1) is 3.79 Å². The summed E-state index contributed by atoms with van der Waals surface area (Å²) in [7, 11) is 2.14. The number of halogens is 1. The summed E-state index contributed by atoms with van der Waals surface area (Å²) in [6, 6.07) is 12.6. The Balaban J connectivity index is 1.79. The third kappa shape index (κ3) is 4.73. The van der Waals surface area contributed by atoms with Crippen molar-refractivity contribution in [1.29, 1.82) is 0 Å². The average molecular weight is 339 g/mol. The van der Waals surface area contributed by atoms with Gasteiger partial charge in [-0.3, -0.25) is 0 Å². The fraction of sp³-hybridized carbons (Fsp3) is 0.333. The maximum Gasteiger partial charge on any atom is 0.0701 e. The van der Waals surface area contributed by atoms with E-state index in [0.29, 0.717) is 0 Å². The normalized spacial score (nSPS) is 12.8. The van der Waals surface area contributed by atoms with Gasteiger partial charge in [-0.1, -0.05) is 30.3 Å². The quantitative estimate of drug-likeness (QED) is 0.861. The zero-order chi connectivity index (χ0) is 13.7. The first-order chi connectivity index (χ1) is 9.15. The monoisotopic (exact) mass is 338 g/mol. The molecule has 0 saturated carbocycles. The molecule has 102 valence electrons. The van der Waals surface area contributed by atoms with Crippen molar-refractivity contribution in [2.75, 3.05) is 13.6 Å². The van der Waals surface area contributed by atoms with Gasteiger partial charge in [-0.2, -0.15) is 0 Å². The largest absolute Gasteiger partial charge is 0.324 e. The molecule has 2 rings (SSSR count). The lowest BCUT2D eigenvalue weighted by molar-refractivity contribution is 0.312. The van der Waals surface area contributed by atoms with E-state index >= 15 is 0 Å². The van der Waals surface area contributed by atoms with Gasteiger partial charge in [0.15, 0.2) is 0 Å². The molecule has 0 fully saturated rings. The Morgan fingerprint density at radius 3 is 2.68 bits per heavy atom. The van der Waals surface area contributed by atoms with Crippen LogP contribution in [0.5, 0.6) is 0 Å². The molecule has 0 aliphatic carbocycles. The van der Waals surface area contributed by atoms with Crippen LogP contribution in [-0.2, 0) is 6.54 Å². The smallest absolute Gasteiger partial charge is 0.0701 e. The zero-order valence-electron chi connectivity index (χ0n) is 11.1. The summed E-state index contributed by atoms with van der Waals surface area (Å²) in [5.41, 5.74) is 8.78. The summed E-state index contributed by atoms with van der Waals surface area (Å²) in [6.45, 7) is 1.98. The molecule has 0 amide bonds. The van der Waals surface area contributed by atoms with Crippen LogP contribution in [-0.4, -0.2) is 18.5 Å². The van der Waals surface area contributed by atoms with Crippen molar-refractivity contribution < 1.29 is 0 Å². The Hall–Kier alpha value is -0.680. The molecule has 2 N–H and O–H groups in total. The summed E-state index contributed by atoms with van der Waals surface area (Å²) in [5.74, 6) is 0. The summed E-state index contributed by atoms with van der Waals surface area (Å²) < 4.78 is 1.19. The summed E-state index contributed by atoms with van der Waals surface area (Å²) in [5, 5.41) is 2.19. The van der Waals surface area contributed by atoms with Crippen molar-refractivity contribution in [3.05, 3.63) is 56.7 Å². The molecule has 4 heteroatoms. The van der Waals surface area contributed by atoms with E-state index in [0.717, 1.165) is 19.5 Å². The van der Waals surface area contributed by atoms with E-state index in [1.807, 2.05) is 18.2 Å². The highest BCUT2D eigenvalue weighted by Crippen LogP contribution is 2.22. The van der Waals surface area contributed by atoms with Crippen molar-refractivity contribution in [1.82, 2.24) is 4.90 Å². The van der Waals surface area contributed by atoms with Gasteiger partial charge in [0.25, 0.3) is 0 Å². The standard InChI is InChI=1S/C15H19BrN2S/c1-18(10-12-9-15(16)19-11-12)8-7-14(17)13-5-3-2-4-6-13/h2-6,9,11,14H,7-8,10,17H2,1H3. The minimum atomic E-state index is 0.123. The Bertz CT molecular complexity index is 498. The maximum absolute atomic E-state index is 6.21. The lowest BCUT2D eigenvalue weighted by atomic mass is 10.0. The number of hydrogen-bond donors (Lipinski definition) is 1. The number of nitrogens with zero attached hydrogens (tertiary/aromatic N) is 1. The SMILES string of the molecule is CN(CCC(N)c1ccccc1)Cc1csc(Br)c1. The van der Waals surface area contributed by atoms with Crippen LogP contribution in [0.2, 0.25) is 0 Å². The number of benzene rings is 1. The van der Waals surface area contributed by atoms with Crippen molar-refractivity contribution in [3.8, 4) is 0 Å². The van der Waals surface area contributed by atoms with E-state index in [4.69, 9.17) is 5.73 Å². The average Bonchev–Trinajstić information content (AvgIpc) is 2.82. The number of rotatable bonds is 6. The summed E-state index contributed by atoms with van der Waals surface area (Å²) in [6.07, 6.45) is 0.978. The van der Waals surface area contributed by atoms with E-state index in [9.17, 15) is 0 Å². The molecule has 2 nitrogen and oxygen atoms in total. The number of thiophene rings is 1. The second-order valence-electron chi connectivity index (χ2n) is 4.80. The minimum absolute atomic E-state index is 0.123. The molecule has 0 aliphatic rings. The minimum Gasteiger partial charge on any atom is -0.324 e. The van der Waals surface area contributed by atoms with Gasteiger partial charge >= 0.3 is 0 Å². The number of hydrogen-bond acceptors (Lipinski definition) is 3. The van der Waals surface area contributed by atoms with Crippen molar-refractivity contribution in [2.45, 2.75) is 19.0 Å². The van der Waals surface area contributed by atoms with Gasteiger partial charge in [0.2, 0.25) is 0 Å². The first-order valence-electron chi connectivity index (χ1n) is 6.37. The topological polar surface area (TPSA) is 29.3 Å². The molecule has 0 saturated heterocycles. The second-order valence-corrected chi connectivity index (χ2v) is 7.09. The van der Waals surface area contributed by atoms with Gasteiger partial charge in [-0.15, -0.1) is 11.3 Å². The van der Waals surface area contributed by atoms with Crippen molar-refractivity contribution in [3.63, 3.8) is 0 Å². The molecular weight excluding hydrogens is 320 g/mol. The van der Waals surface area contributed by atoms with E-state index in [1.54, 1.807) is 11.3 Å². The molecule has 1 aromatic carbocycles. The first kappa shape index (κ1) is 14.7. The molecule has 1 atom stereocenters. The molecule has 0 aliphatic heterocycles. The van der Waals surface area contributed by atoms with Gasteiger partial charge < -0.3 is 10.6 Å². The molecule has 2 aromatic rings. The fourth-order valence-electron chi connectivity index (χ4n) is 2.05. The number of nitrogens with two attached hydrogens (primary N) is 1. The Morgan fingerprint density at radius 2 is 2.05 bits per heavy atom. The van der Waals surface area contributed by atoms with Gasteiger partial charge in [-0.05, 0) is 58.5 Å². The second kappa shape index (κ2) is 7.20. The Kier molecular flexibility index (Phi) is 5.58. The van der Waals surface area contributed by atoms with Crippen LogP contribution in [0.3, 0.4) is 0 Å². The van der Waals surface area contributed by atoms with Crippen LogP contribution < -0.4 is 5.73 Å². The highest BCUT2D eigenvalue weighted by molar-refractivity contribution is 9.11. The van der Waals surface area contributed by atoms with Crippen LogP contribution in [0.15, 0.2) is 45.6 Å². The van der Waals surface area contributed by atoms with E-state index in [2.05, 4.69) is 51.5 Å². The highest BCUT2D eigenvalue weighted by Gasteiger charge is 2.08. The molecule has 0 bridgehead atoms. The van der Waals surface area contributed by atoms with E-state index < -0.39 is 0 Å². The predicted octanol–water partition coefficient (Wildman–Crippen LogP) is 4.03. The molecule has 1 aromatic heterocycles. The van der Waals surface area contributed by atoms with Crippen LogP contribution in [0.1, 0.15) is 23.6 Å². The lowest BCUT2D eigenvalue weighted by Crippen LogP contribution is -2.23. The zero-order valence-corrected chi connectivity index (χ0v) is 13.5. The Morgan fingerprint density at radius 1 is 1.32 bits per heavy atom. The molecule has 0 radical (unpaired) electrons. The first-order valence-corrected chi connectivity index (χ1v) is 8.04. The summed E-state index contributed by atoms with van der Waals surface area (Å²) in [4.78, 5) is 2.32. The molecule has 19 heavy (non-hydrogen) atoms. The van der Waals surface area contributed by atoms with Crippen LogP contribution in [0.4, 0.5) is 0 Å². The van der Waals surface area contributed by atoms with Crippen LogP contribution in [0.25, 0.3) is 0 Å². The maximum atomic E-state index is 6.21. The molecule has 1 unspecified atom stereocenters. The predicted molar refractivity (Wildman–Crippen MR) is 86.3 cm³/mol. The van der Waals surface area contributed by atoms with Crippen molar-refractivity contribution >= 4 is 27.3 Å². The molecule has 0 spiro atoms. The third-order valence-corrected chi connectivity index (χ3v) is 4.68. The summed E-state index contributed by atoms with van der Waals surface area (Å²) >= 11 is 5.23. The van der Waals surface area contributed by atoms with E-state index in [1.165, 1.54) is 14.9 Å². The van der Waals surface area contributed by atoms with Crippen LogP contribution >= 0.6 is 27.3 Å². The molecule has 1 heterocycles. The highest BCUT2D eigenvalue weighted by atomic mass is 79.9. The third-order valence-electron chi connectivity index (χ3n) is 3.12. The lowest BCUT2D eigenvalue weighted by Gasteiger charge is -2.19. The van der Waals surface area contributed by atoms with Crippen molar-refractivity contribution in [2.24, 2.45) is 5.73 Å². The van der Waals surface area contributed by atoms with E-state index in [-0.39, 0.29) is 6.04 Å². The Labute approximate surface area is 127 Å². The van der Waals surface area contributed by atoms with Gasteiger partial charge in [0, 0.05) is 12.6 Å². The van der Waals surface area contributed by atoms with Gasteiger partial charge in [-0.25, -0.2) is 0 Å². The molecular formula is C15H19BrN2S. The van der Waals surface area contributed by atoms with Gasteiger partial charge in [0.1, 0.15) is 0 Å².